The van der Waals surface area contributed by atoms with Gasteiger partial charge in [-0.25, -0.2) is 0 Å². The monoisotopic (exact) mass is 250 g/mol. The van der Waals surface area contributed by atoms with Gasteiger partial charge in [0.15, 0.2) is 0 Å². The van der Waals surface area contributed by atoms with Crippen LogP contribution in [0.5, 0.6) is 0 Å². The molecule has 0 amide bonds. The van der Waals surface area contributed by atoms with Crippen LogP contribution in [0.1, 0.15) is 27.2 Å². The van der Waals surface area contributed by atoms with E-state index < -0.39 is 0 Å². The molecule has 0 aliphatic heterocycles. The number of rotatable bonds is 9. The molecular formula is C15H26N2O. The van der Waals surface area contributed by atoms with Gasteiger partial charge in [0.2, 0.25) is 0 Å². The zero-order chi connectivity index (χ0) is 14.1. The van der Waals surface area contributed by atoms with Crippen molar-refractivity contribution in [2.75, 3.05) is 6.54 Å². The summed E-state index contributed by atoms with van der Waals surface area (Å²) < 4.78 is 0. The minimum absolute atomic E-state index is 0.0403. The van der Waals surface area contributed by atoms with Gasteiger partial charge in [-0.1, -0.05) is 39.7 Å². The van der Waals surface area contributed by atoms with Crippen molar-refractivity contribution in [1.82, 2.24) is 10.6 Å². The molecule has 3 nitrogen and oxygen atoms in total. The highest BCUT2D eigenvalue weighted by atomic mass is 16.3. The summed E-state index contributed by atoms with van der Waals surface area (Å²) in [6.07, 6.45) is 4.66. The molecule has 0 rings (SSSR count). The molecule has 0 aliphatic rings. The van der Waals surface area contributed by atoms with Crippen molar-refractivity contribution < 1.29 is 5.11 Å². The van der Waals surface area contributed by atoms with Gasteiger partial charge < -0.3 is 15.7 Å². The van der Waals surface area contributed by atoms with Gasteiger partial charge in [-0.15, -0.1) is 0 Å². The first-order valence-electron chi connectivity index (χ1n) is 6.26. The van der Waals surface area contributed by atoms with Crippen LogP contribution in [0.3, 0.4) is 0 Å². The summed E-state index contributed by atoms with van der Waals surface area (Å²) in [5.41, 5.74) is 0.776. The molecule has 0 fully saturated rings. The minimum atomic E-state index is 0.0403. The number of aliphatic hydroxyl groups excluding tert-OH is 1. The van der Waals surface area contributed by atoms with Crippen LogP contribution in [-0.2, 0) is 0 Å². The molecular weight excluding hydrogens is 224 g/mol. The first-order chi connectivity index (χ1) is 8.36. The molecule has 0 radical (unpaired) electrons. The maximum atomic E-state index is 9.53. The lowest BCUT2D eigenvalue weighted by Crippen LogP contribution is -2.30. The Bertz CT molecular complexity index is 329. The summed E-state index contributed by atoms with van der Waals surface area (Å²) in [4.78, 5) is 0. The summed E-state index contributed by atoms with van der Waals surface area (Å²) in [5, 5.41) is 15.7. The largest absolute Gasteiger partial charge is 0.513 e. The molecule has 0 unspecified atom stereocenters. The number of hydrogen-bond donors (Lipinski definition) is 3. The molecule has 0 heterocycles. The Morgan fingerprint density at radius 1 is 1.28 bits per heavy atom. The van der Waals surface area contributed by atoms with E-state index in [1.54, 1.807) is 0 Å². The van der Waals surface area contributed by atoms with Gasteiger partial charge in [-0.05, 0) is 25.3 Å². The first kappa shape index (κ1) is 16.4. The second-order valence-corrected chi connectivity index (χ2v) is 4.83. The van der Waals surface area contributed by atoms with Crippen LogP contribution >= 0.6 is 0 Å². The second kappa shape index (κ2) is 8.45. The Balaban J connectivity index is 4.15. The fraction of sp³-hybridized carbons (Fsp3) is 0.467. The topological polar surface area (TPSA) is 44.3 Å². The molecule has 3 heteroatoms. The lowest BCUT2D eigenvalue weighted by molar-refractivity contribution is 0.297. The normalized spacial score (nSPS) is 12.4. The molecule has 0 aromatic heterocycles. The molecule has 0 aliphatic carbocycles. The van der Waals surface area contributed by atoms with Crippen molar-refractivity contribution in [3.05, 3.63) is 49.2 Å². The molecule has 102 valence electrons. The molecule has 0 aromatic carbocycles. The van der Waals surface area contributed by atoms with E-state index in [4.69, 9.17) is 0 Å². The van der Waals surface area contributed by atoms with Gasteiger partial charge >= 0.3 is 0 Å². The maximum absolute atomic E-state index is 9.53. The average molecular weight is 250 g/mol. The van der Waals surface area contributed by atoms with E-state index in [1.807, 2.05) is 19.1 Å². The van der Waals surface area contributed by atoms with Gasteiger partial charge in [0.1, 0.15) is 0 Å². The van der Waals surface area contributed by atoms with Crippen LogP contribution < -0.4 is 10.6 Å². The second-order valence-electron chi connectivity index (χ2n) is 4.83. The zero-order valence-corrected chi connectivity index (χ0v) is 11.8. The summed E-state index contributed by atoms with van der Waals surface area (Å²) in [7, 11) is 0. The van der Waals surface area contributed by atoms with Crippen LogP contribution in [0.2, 0.25) is 0 Å². The Morgan fingerprint density at radius 2 is 1.89 bits per heavy atom. The van der Waals surface area contributed by atoms with Crippen molar-refractivity contribution in [2.45, 2.75) is 27.2 Å². The Labute approximate surface area is 111 Å². The average Bonchev–Trinajstić information content (AvgIpc) is 2.23. The molecule has 0 spiro atoms. The highest BCUT2D eigenvalue weighted by molar-refractivity contribution is 5.16. The van der Waals surface area contributed by atoms with E-state index >= 15 is 0 Å². The van der Waals surface area contributed by atoms with Crippen molar-refractivity contribution in [3.63, 3.8) is 0 Å². The third-order valence-corrected chi connectivity index (χ3v) is 2.47. The van der Waals surface area contributed by atoms with Crippen LogP contribution in [0.4, 0.5) is 0 Å². The van der Waals surface area contributed by atoms with Crippen LogP contribution in [0.25, 0.3) is 0 Å². The number of aliphatic hydroxyl groups is 1. The summed E-state index contributed by atoms with van der Waals surface area (Å²) in [5.74, 6) is 1.45. The first-order valence-corrected chi connectivity index (χ1v) is 6.26. The summed E-state index contributed by atoms with van der Waals surface area (Å²) in [6.45, 7) is 18.1. The lowest BCUT2D eigenvalue weighted by atomic mass is 9.96. The fourth-order valence-corrected chi connectivity index (χ4v) is 1.63. The van der Waals surface area contributed by atoms with Gasteiger partial charge in [-0.3, -0.25) is 0 Å². The van der Waals surface area contributed by atoms with Crippen molar-refractivity contribution in [1.29, 1.82) is 0 Å². The lowest BCUT2D eigenvalue weighted by Gasteiger charge is -2.20. The maximum Gasteiger partial charge on any atom is 0.0957 e. The predicted octanol–water partition coefficient (Wildman–Crippen LogP) is 3.46. The zero-order valence-electron chi connectivity index (χ0n) is 11.8. The van der Waals surface area contributed by atoms with E-state index in [-0.39, 0.29) is 11.7 Å². The molecule has 0 saturated heterocycles. The molecule has 3 N–H and O–H groups in total. The van der Waals surface area contributed by atoms with Gasteiger partial charge in [0.05, 0.1) is 11.6 Å². The highest BCUT2D eigenvalue weighted by Gasteiger charge is 2.13. The molecule has 0 bridgehead atoms. The fourth-order valence-electron chi connectivity index (χ4n) is 1.63. The molecule has 0 saturated carbocycles. The van der Waals surface area contributed by atoms with Crippen molar-refractivity contribution in [3.8, 4) is 0 Å². The van der Waals surface area contributed by atoms with Gasteiger partial charge in [0, 0.05) is 18.2 Å². The quantitative estimate of drug-likeness (QED) is 0.434. The van der Waals surface area contributed by atoms with Crippen LogP contribution in [0, 0.1) is 11.8 Å². The molecule has 0 aromatic rings. The van der Waals surface area contributed by atoms with Crippen LogP contribution in [-0.4, -0.2) is 11.7 Å². The predicted molar refractivity (Wildman–Crippen MR) is 78.9 cm³/mol. The number of allylic oxidation sites excluding steroid dienone is 2. The Hall–Kier alpha value is -1.64. The van der Waals surface area contributed by atoms with Crippen molar-refractivity contribution >= 4 is 0 Å². The summed E-state index contributed by atoms with van der Waals surface area (Å²) in [6, 6.07) is 0. The SMILES string of the molecule is C=C(/C=C\C)NC(=C)NC[C@H](CC(C)C)C(=C)O. The highest BCUT2D eigenvalue weighted by Crippen LogP contribution is 2.16. The van der Waals surface area contributed by atoms with E-state index in [9.17, 15) is 5.11 Å². The third-order valence-electron chi connectivity index (χ3n) is 2.47. The van der Waals surface area contributed by atoms with E-state index in [0.29, 0.717) is 18.3 Å². The molecule has 1 atom stereocenters. The summed E-state index contributed by atoms with van der Waals surface area (Å²) >= 11 is 0. The molecule has 18 heavy (non-hydrogen) atoms. The van der Waals surface area contributed by atoms with E-state index in [0.717, 1.165) is 12.1 Å². The Kier molecular flexibility index (Phi) is 7.68. The number of nitrogens with one attached hydrogen (secondary N) is 2. The van der Waals surface area contributed by atoms with Gasteiger partial charge in [0.25, 0.3) is 0 Å². The smallest absolute Gasteiger partial charge is 0.0957 e. The van der Waals surface area contributed by atoms with E-state index in [1.165, 1.54) is 0 Å². The number of hydrogen-bond acceptors (Lipinski definition) is 3. The Morgan fingerprint density at radius 3 is 2.33 bits per heavy atom. The third kappa shape index (κ3) is 7.60. The van der Waals surface area contributed by atoms with E-state index in [2.05, 4.69) is 44.2 Å². The van der Waals surface area contributed by atoms with Crippen molar-refractivity contribution in [2.24, 2.45) is 11.8 Å². The standard InChI is InChI=1S/C15H26N2O/c1-7-8-12(4)17-14(6)16-10-15(13(5)18)9-11(2)3/h7-8,11,15-18H,4-6,9-10H2,1-3H3/b8-7-/t15-/m0/s1. The van der Waals surface area contributed by atoms with Crippen LogP contribution in [0.15, 0.2) is 49.2 Å². The van der Waals surface area contributed by atoms with Gasteiger partial charge in [-0.2, -0.15) is 0 Å². The minimum Gasteiger partial charge on any atom is -0.513 e.